The molecule has 0 aromatic heterocycles. The van der Waals surface area contributed by atoms with Gasteiger partial charge in [0.25, 0.3) is 0 Å². The van der Waals surface area contributed by atoms with Crippen LogP contribution >= 0.6 is 0 Å². The maximum atomic E-state index is 11.7. The fourth-order valence-corrected chi connectivity index (χ4v) is 4.03. The number of hydrogen-bond acceptors (Lipinski definition) is 5. The summed E-state index contributed by atoms with van der Waals surface area (Å²) >= 11 is 0. The predicted molar refractivity (Wildman–Crippen MR) is 80.8 cm³/mol. The summed E-state index contributed by atoms with van der Waals surface area (Å²) in [6, 6.07) is 6.97. The number of ether oxygens (including phenoxy) is 1. The van der Waals surface area contributed by atoms with Crippen molar-refractivity contribution < 1.29 is 17.9 Å². The Morgan fingerprint density at radius 2 is 2.24 bits per heavy atom. The molecule has 0 spiro atoms. The maximum absolute atomic E-state index is 11.7. The van der Waals surface area contributed by atoms with Gasteiger partial charge in [-0.1, -0.05) is 6.07 Å². The number of benzene rings is 1. The largest absolute Gasteiger partial charge is 0.493 e. The van der Waals surface area contributed by atoms with Gasteiger partial charge in [0.2, 0.25) is 5.91 Å². The first-order valence-electron chi connectivity index (χ1n) is 6.94. The lowest BCUT2D eigenvalue weighted by Gasteiger charge is -2.11. The van der Waals surface area contributed by atoms with Crippen LogP contribution < -0.4 is 15.8 Å². The van der Waals surface area contributed by atoms with Crippen LogP contribution in [-0.2, 0) is 14.6 Å². The van der Waals surface area contributed by atoms with E-state index in [0.29, 0.717) is 24.3 Å². The summed E-state index contributed by atoms with van der Waals surface area (Å²) in [5.41, 5.74) is 6.22. The molecule has 1 fully saturated rings. The fourth-order valence-electron chi connectivity index (χ4n) is 2.27. The molecule has 1 aromatic carbocycles. The summed E-state index contributed by atoms with van der Waals surface area (Å²) in [4.78, 5) is 11.7. The second-order valence-corrected chi connectivity index (χ2v) is 7.51. The minimum absolute atomic E-state index is 0.182. The Morgan fingerprint density at radius 1 is 1.43 bits per heavy atom. The van der Waals surface area contributed by atoms with E-state index >= 15 is 0 Å². The first kappa shape index (κ1) is 15.6. The Bertz CT molecular complexity index is 601. The molecular weight excluding hydrogens is 292 g/mol. The number of nitrogens with one attached hydrogen (secondary N) is 1. The standard InChI is InChI=1S/C14H20N2O4S/c15-11-3-1-4-12(9-11)20-7-6-14(17)16-10-13-5-2-8-21(13,18)19/h1,3-4,9,13H,2,5-8,10,15H2,(H,16,17). The van der Waals surface area contributed by atoms with Crippen molar-refractivity contribution >= 4 is 21.4 Å². The zero-order valence-electron chi connectivity index (χ0n) is 11.7. The molecule has 0 bridgehead atoms. The molecule has 7 heteroatoms. The minimum atomic E-state index is -3.01. The zero-order valence-corrected chi connectivity index (χ0v) is 12.6. The Hall–Kier alpha value is -1.76. The predicted octanol–water partition coefficient (Wildman–Crippen LogP) is 0.731. The molecule has 1 aromatic rings. The maximum Gasteiger partial charge on any atom is 0.223 e. The van der Waals surface area contributed by atoms with E-state index in [-0.39, 0.29) is 31.2 Å². The normalized spacial score (nSPS) is 20.1. The number of rotatable bonds is 6. The van der Waals surface area contributed by atoms with Gasteiger partial charge >= 0.3 is 0 Å². The van der Waals surface area contributed by atoms with Crippen molar-refractivity contribution in [3.63, 3.8) is 0 Å². The van der Waals surface area contributed by atoms with Crippen LogP contribution in [-0.4, -0.2) is 38.5 Å². The summed E-state index contributed by atoms with van der Waals surface area (Å²) in [5, 5.41) is 2.22. The van der Waals surface area contributed by atoms with Crippen LogP contribution in [0.4, 0.5) is 5.69 Å². The third kappa shape index (κ3) is 4.63. The van der Waals surface area contributed by atoms with Crippen molar-refractivity contribution in [1.82, 2.24) is 5.32 Å². The van der Waals surface area contributed by atoms with Crippen LogP contribution in [0.1, 0.15) is 19.3 Å². The lowest BCUT2D eigenvalue weighted by molar-refractivity contribution is -0.121. The second-order valence-electron chi connectivity index (χ2n) is 5.11. The molecule has 1 aliphatic rings. The molecule has 3 N–H and O–H groups in total. The van der Waals surface area contributed by atoms with Gasteiger partial charge in [-0.15, -0.1) is 0 Å². The lowest BCUT2D eigenvalue weighted by atomic mass is 10.2. The zero-order chi connectivity index (χ0) is 15.3. The molecule has 1 aliphatic heterocycles. The Kier molecular flexibility index (Phi) is 5.06. The van der Waals surface area contributed by atoms with E-state index < -0.39 is 15.1 Å². The molecule has 21 heavy (non-hydrogen) atoms. The van der Waals surface area contributed by atoms with E-state index in [0.717, 1.165) is 0 Å². The highest BCUT2D eigenvalue weighted by atomic mass is 32.2. The molecule has 1 saturated heterocycles. The first-order valence-corrected chi connectivity index (χ1v) is 8.65. The number of nitrogen functional groups attached to an aromatic ring is 1. The molecule has 2 rings (SSSR count). The van der Waals surface area contributed by atoms with Gasteiger partial charge in [0, 0.05) is 18.3 Å². The molecule has 0 radical (unpaired) electrons. The Labute approximate surface area is 124 Å². The van der Waals surface area contributed by atoms with Crippen molar-refractivity contribution in [2.75, 3.05) is 24.6 Å². The van der Waals surface area contributed by atoms with Crippen molar-refractivity contribution in [1.29, 1.82) is 0 Å². The number of carbonyl (C=O) groups excluding carboxylic acids is 1. The molecular formula is C14H20N2O4S. The van der Waals surface area contributed by atoms with Gasteiger partial charge < -0.3 is 15.8 Å². The highest BCUT2D eigenvalue weighted by Crippen LogP contribution is 2.19. The number of amides is 1. The van der Waals surface area contributed by atoms with Crippen LogP contribution in [0.15, 0.2) is 24.3 Å². The van der Waals surface area contributed by atoms with Crippen molar-refractivity contribution in [3.05, 3.63) is 24.3 Å². The molecule has 1 amide bonds. The van der Waals surface area contributed by atoms with Crippen LogP contribution in [0.2, 0.25) is 0 Å². The number of sulfone groups is 1. The molecule has 116 valence electrons. The molecule has 0 aliphatic carbocycles. The molecule has 6 nitrogen and oxygen atoms in total. The van der Waals surface area contributed by atoms with E-state index in [1.54, 1.807) is 24.3 Å². The molecule has 1 unspecified atom stereocenters. The van der Waals surface area contributed by atoms with Crippen LogP contribution in [0.25, 0.3) is 0 Å². The Balaban J connectivity index is 1.68. The third-order valence-electron chi connectivity index (χ3n) is 3.45. The lowest BCUT2D eigenvalue weighted by Crippen LogP contribution is -2.35. The average Bonchev–Trinajstić information content (AvgIpc) is 2.75. The highest BCUT2D eigenvalue weighted by Gasteiger charge is 2.31. The van der Waals surface area contributed by atoms with Gasteiger partial charge in [-0.3, -0.25) is 4.79 Å². The van der Waals surface area contributed by atoms with Gasteiger partial charge in [-0.2, -0.15) is 0 Å². The van der Waals surface area contributed by atoms with Crippen LogP contribution in [0.3, 0.4) is 0 Å². The van der Waals surface area contributed by atoms with E-state index in [1.807, 2.05) is 0 Å². The summed E-state index contributed by atoms with van der Waals surface area (Å²) < 4.78 is 28.6. The van der Waals surface area contributed by atoms with E-state index in [4.69, 9.17) is 10.5 Å². The van der Waals surface area contributed by atoms with E-state index in [2.05, 4.69) is 5.32 Å². The monoisotopic (exact) mass is 312 g/mol. The number of nitrogens with two attached hydrogens (primary N) is 1. The topological polar surface area (TPSA) is 98.5 Å². The molecule has 1 atom stereocenters. The SMILES string of the molecule is Nc1cccc(OCCC(=O)NCC2CCCS2(=O)=O)c1. The summed E-state index contributed by atoms with van der Waals surface area (Å²) in [6.45, 7) is 0.423. The summed E-state index contributed by atoms with van der Waals surface area (Å²) in [6.07, 6.45) is 1.49. The molecule has 0 saturated carbocycles. The van der Waals surface area contributed by atoms with Gasteiger partial charge in [-0.25, -0.2) is 8.42 Å². The summed E-state index contributed by atoms with van der Waals surface area (Å²) in [5.74, 6) is 0.633. The minimum Gasteiger partial charge on any atom is -0.493 e. The smallest absolute Gasteiger partial charge is 0.223 e. The number of hydrogen-bond donors (Lipinski definition) is 2. The third-order valence-corrected chi connectivity index (χ3v) is 5.72. The van der Waals surface area contributed by atoms with Crippen LogP contribution in [0.5, 0.6) is 5.75 Å². The number of carbonyl (C=O) groups is 1. The van der Waals surface area contributed by atoms with Gasteiger partial charge in [0.05, 0.1) is 24.0 Å². The van der Waals surface area contributed by atoms with Crippen molar-refractivity contribution in [3.8, 4) is 5.75 Å². The number of anilines is 1. The quantitative estimate of drug-likeness (QED) is 0.755. The first-order chi connectivity index (χ1) is 9.97. The fraction of sp³-hybridized carbons (Fsp3) is 0.500. The van der Waals surface area contributed by atoms with Crippen molar-refractivity contribution in [2.45, 2.75) is 24.5 Å². The van der Waals surface area contributed by atoms with Gasteiger partial charge in [0.15, 0.2) is 9.84 Å². The summed E-state index contributed by atoms with van der Waals surface area (Å²) in [7, 11) is -3.01. The van der Waals surface area contributed by atoms with Gasteiger partial charge in [0.1, 0.15) is 5.75 Å². The highest BCUT2D eigenvalue weighted by molar-refractivity contribution is 7.92. The Morgan fingerprint density at radius 3 is 2.90 bits per heavy atom. The second kappa shape index (κ2) is 6.80. The van der Waals surface area contributed by atoms with E-state index in [9.17, 15) is 13.2 Å². The van der Waals surface area contributed by atoms with Crippen molar-refractivity contribution in [2.24, 2.45) is 0 Å². The average molecular weight is 312 g/mol. The van der Waals surface area contributed by atoms with E-state index in [1.165, 1.54) is 0 Å². The van der Waals surface area contributed by atoms with Gasteiger partial charge in [-0.05, 0) is 25.0 Å². The van der Waals surface area contributed by atoms with Crippen LogP contribution in [0, 0.1) is 0 Å². The molecule has 1 heterocycles.